The summed E-state index contributed by atoms with van der Waals surface area (Å²) < 4.78 is 11.2. The van der Waals surface area contributed by atoms with Crippen molar-refractivity contribution in [2.45, 2.75) is 59.0 Å². The summed E-state index contributed by atoms with van der Waals surface area (Å²) in [7, 11) is 1.57. The molecule has 0 bridgehead atoms. The van der Waals surface area contributed by atoms with Crippen LogP contribution in [0.2, 0.25) is 0 Å². The van der Waals surface area contributed by atoms with Crippen LogP contribution >= 0.6 is 0 Å². The number of rotatable bonds is 9. The summed E-state index contributed by atoms with van der Waals surface area (Å²) in [5, 5.41) is 0. The molecule has 0 spiro atoms. The minimum atomic E-state index is -0.0318. The minimum absolute atomic E-state index is 0.0318. The van der Waals surface area contributed by atoms with Gasteiger partial charge >= 0.3 is 0 Å². The van der Waals surface area contributed by atoms with Gasteiger partial charge in [0.1, 0.15) is 17.1 Å². The lowest BCUT2D eigenvalue weighted by Gasteiger charge is -2.18. The Hall–Kier alpha value is -1.51. The van der Waals surface area contributed by atoms with Crippen LogP contribution in [-0.2, 0) is 0 Å². The fraction of sp³-hybridized carbons (Fsp3) is 0.588. The lowest BCUT2D eigenvalue weighted by atomic mass is 10.1. The van der Waals surface area contributed by atoms with E-state index in [1.807, 2.05) is 12.1 Å². The highest BCUT2D eigenvalue weighted by atomic mass is 16.5. The van der Waals surface area contributed by atoms with Gasteiger partial charge < -0.3 is 9.47 Å². The second kappa shape index (κ2) is 8.62. The van der Waals surface area contributed by atoms with Crippen molar-refractivity contribution >= 4 is 5.78 Å². The molecule has 1 rings (SSSR count). The molecule has 1 aromatic carbocycles. The van der Waals surface area contributed by atoms with E-state index in [0.717, 1.165) is 12.8 Å². The number of hydrogen-bond acceptors (Lipinski definition) is 3. The van der Waals surface area contributed by atoms with Gasteiger partial charge in [-0.3, -0.25) is 4.79 Å². The van der Waals surface area contributed by atoms with E-state index >= 15 is 0 Å². The second-order valence-electron chi connectivity index (χ2n) is 5.17. The fourth-order valence-electron chi connectivity index (χ4n) is 2.26. The number of carbonyl (C=O) groups is 1. The third-order valence-corrected chi connectivity index (χ3v) is 3.35. The van der Waals surface area contributed by atoms with Crippen LogP contribution < -0.4 is 9.47 Å². The van der Waals surface area contributed by atoms with E-state index in [0.29, 0.717) is 17.1 Å². The lowest BCUT2D eigenvalue weighted by Crippen LogP contribution is -2.14. The van der Waals surface area contributed by atoms with E-state index in [-0.39, 0.29) is 11.9 Å². The minimum Gasteiger partial charge on any atom is -0.496 e. The van der Waals surface area contributed by atoms with Crippen molar-refractivity contribution < 1.29 is 14.3 Å². The van der Waals surface area contributed by atoms with E-state index < -0.39 is 0 Å². The Morgan fingerprint density at radius 1 is 1.20 bits per heavy atom. The summed E-state index contributed by atoms with van der Waals surface area (Å²) in [6.45, 7) is 5.79. The van der Waals surface area contributed by atoms with Gasteiger partial charge in [0.2, 0.25) is 0 Å². The molecule has 0 radical (unpaired) electrons. The first-order chi connectivity index (χ1) is 9.60. The van der Waals surface area contributed by atoms with Gasteiger partial charge in [-0.05, 0) is 38.8 Å². The van der Waals surface area contributed by atoms with Crippen LogP contribution in [0.3, 0.4) is 0 Å². The van der Waals surface area contributed by atoms with Crippen molar-refractivity contribution in [3.05, 3.63) is 23.8 Å². The van der Waals surface area contributed by atoms with E-state index in [4.69, 9.17) is 9.47 Å². The van der Waals surface area contributed by atoms with Gasteiger partial charge in [-0.1, -0.05) is 32.3 Å². The average molecular weight is 278 g/mol. The van der Waals surface area contributed by atoms with E-state index in [9.17, 15) is 4.79 Å². The maximum absolute atomic E-state index is 11.8. The first-order valence-corrected chi connectivity index (χ1v) is 7.44. The largest absolute Gasteiger partial charge is 0.496 e. The molecule has 0 aliphatic heterocycles. The van der Waals surface area contributed by atoms with Crippen LogP contribution in [-0.4, -0.2) is 19.0 Å². The molecule has 3 nitrogen and oxygen atoms in total. The fourth-order valence-corrected chi connectivity index (χ4v) is 2.26. The van der Waals surface area contributed by atoms with Crippen LogP contribution in [0.15, 0.2) is 18.2 Å². The van der Waals surface area contributed by atoms with Gasteiger partial charge in [-0.25, -0.2) is 0 Å². The third-order valence-electron chi connectivity index (χ3n) is 3.35. The smallest absolute Gasteiger partial charge is 0.167 e. The Morgan fingerprint density at radius 2 is 1.90 bits per heavy atom. The first-order valence-electron chi connectivity index (χ1n) is 7.44. The van der Waals surface area contributed by atoms with Crippen molar-refractivity contribution in [2.24, 2.45) is 0 Å². The molecule has 1 aromatic rings. The zero-order chi connectivity index (χ0) is 15.0. The Morgan fingerprint density at radius 3 is 2.50 bits per heavy atom. The number of ketones is 1. The van der Waals surface area contributed by atoms with Crippen LogP contribution in [0.5, 0.6) is 11.5 Å². The van der Waals surface area contributed by atoms with Crippen molar-refractivity contribution in [2.75, 3.05) is 7.11 Å². The predicted octanol–water partition coefficient (Wildman–Crippen LogP) is 4.64. The van der Waals surface area contributed by atoms with Crippen LogP contribution in [0.25, 0.3) is 0 Å². The molecule has 112 valence electrons. The molecular weight excluding hydrogens is 252 g/mol. The van der Waals surface area contributed by atoms with Gasteiger partial charge in [0.15, 0.2) is 5.78 Å². The highest BCUT2D eigenvalue weighted by molar-refractivity contribution is 5.99. The molecular formula is C17H26O3. The summed E-state index contributed by atoms with van der Waals surface area (Å²) in [6, 6.07) is 5.47. The molecule has 0 aliphatic rings. The van der Waals surface area contributed by atoms with Crippen molar-refractivity contribution in [3.8, 4) is 11.5 Å². The normalized spacial score (nSPS) is 12.0. The van der Waals surface area contributed by atoms with Crippen molar-refractivity contribution in [1.29, 1.82) is 0 Å². The molecule has 0 saturated carbocycles. The monoisotopic (exact) mass is 278 g/mol. The Bertz CT molecular complexity index is 426. The van der Waals surface area contributed by atoms with Gasteiger partial charge in [-0.15, -0.1) is 0 Å². The number of ether oxygens (including phenoxy) is 2. The summed E-state index contributed by atoms with van der Waals surface area (Å²) in [5.74, 6) is 1.17. The molecule has 0 saturated heterocycles. The molecule has 1 unspecified atom stereocenters. The van der Waals surface area contributed by atoms with Gasteiger partial charge in [0.05, 0.1) is 13.2 Å². The predicted molar refractivity (Wildman–Crippen MR) is 81.8 cm³/mol. The van der Waals surface area contributed by atoms with Gasteiger partial charge in [0, 0.05) is 0 Å². The number of methoxy groups -OCH3 is 1. The number of unbranched alkanes of at least 4 members (excludes halogenated alkanes) is 3. The molecule has 0 fully saturated rings. The van der Waals surface area contributed by atoms with Gasteiger partial charge in [-0.2, -0.15) is 0 Å². The van der Waals surface area contributed by atoms with E-state index in [1.54, 1.807) is 13.2 Å². The van der Waals surface area contributed by atoms with Crippen molar-refractivity contribution in [1.82, 2.24) is 0 Å². The zero-order valence-electron chi connectivity index (χ0n) is 13.1. The number of hydrogen-bond donors (Lipinski definition) is 0. The molecule has 0 N–H and O–H groups in total. The highest BCUT2D eigenvalue weighted by Gasteiger charge is 2.16. The van der Waals surface area contributed by atoms with E-state index in [1.165, 1.54) is 26.2 Å². The van der Waals surface area contributed by atoms with Crippen LogP contribution in [0.4, 0.5) is 0 Å². The second-order valence-corrected chi connectivity index (χ2v) is 5.17. The quantitative estimate of drug-likeness (QED) is 0.488. The summed E-state index contributed by atoms with van der Waals surface area (Å²) in [5.41, 5.74) is 0.537. The number of carbonyl (C=O) groups excluding carboxylic acids is 1. The van der Waals surface area contributed by atoms with E-state index in [2.05, 4.69) is 13.8 Å². The SMILES string of the molecule is CCCCCCC(C)Oc1cccc(OC)c1C(C)=O. The van der Waals surface area contributed by atoms with Crippen LogP contribution in [0, 0.1) is 0 Å². The third kappa shape index (κ3) is 4.87. The molecule has 0 aliphatic carbocycles. The molecule has 0 heterocycles. The maximum Gasteiger partial charge on any atom is 0.167 e. The van der Waals surface area contributed by atoms with Crippen molar-refractivity contribution in [3.63, 3.8) is 0 Å². The molecule has 0 amide bonds. The lowest BCUT2D eigenvalue weighted by molar-refractivity contribution is 0.100. The number of Topliss-reactive ketones (excluding diaryl/α,β-unsaturated/α-hetero) is 1. The Balaban J connectivity index is 2.69. The molecule has 0 aromatic heterocycles. The van der Waals surface area contributed by atoms with Crippen LogP contribution in [0.1, 0.15) is 63.2 Å². The topological polar surface area (TPSA) is 35.5 Å². The maximum atomic E-state index is 11.8. The average Bonchev–Trinajstić information content (AvgIpc) is 2.43. The molecule has 20 heavy (non-hydrogen) atoms. The molecule has 3 heteroatoms. The summed E-state index contributed by atoms with van der Waals surface area (Å²) in [4.78, 5) is 11.8. The standard InChI is InChI=1S/C17H26O3/c1-5-6-7-8-10-13(2)20-16-12-9-11-15(19-4)17(16)14(3)18/h9,11-13H,5-8,10H2,1-4H3. The van der Waals surface area contributed by atoms with Gasteiger partial charge in [0.25, 0.3) is 0 Å². The first kappa shape index (κ1) is 16.5. The highest BCUT2D eigenvalue weighted by Crippen LogP contribution is 2.30. The number of benzene rings is 1. The Kier molecular flexibility index (Phi) is 7.13. The zero-order valence-corrected chi connectivity index (χ0v) is 13.1. The summed E-state index contributed by atoms with van der Waals surface area (Å²) in [6.07, 6.45) is 6.02. The molecule has 1 atom stereocenters. The Labute approximate surface area is 122 Å². The summed E-state index contributed by atoms with van der Waals surface area (Å²) >= 11 is 0.